The summed E-state index contributed by atoms with van der Waals surface area (Å²) in [6, 6.07) is 9.98. The lowest BCUT2D eigenvalue weighted by atomic mass is 10.2. The van der Waals surface area contributed by atoms with Gasteiger partial charge in [0.25, 0.3) is 0 Å². The summed E-state index contributed by atoms with van der Waals surface area (Å²) in [5, 5.41) is 13.0. The molecule has 20 heavy (non-hydrogen) atoms. The molecule has 0 aliphatic carbocycles. The van der Waals surface area contributed by atoms with Gasteiger partial charge in [0.05, 0.1) is 11.6 Å². The molecule has 0 aliphatic rings. The molecule has 0 atom stereocenters. The number of aromatic hydroxyl groups is 1. The van der Waals surface area contributed by atoms with Crippen LogP contribution in [0.4, 0.5) is 4.39 Å². The molecule has 0 radical (unpaired) electrons. The Morgan fingerprint density at radius 3 is 2.45 bits per heavy atom. The summed E-state index contributed by atoms with van der Waals surface area (Å²) < 4.78 is 18.5. The quantitative estimate of drug-likeness (QED) is 0.874. The van der Waals surface area contributed by atoms with Crippen LogP contribution in [0.1, 0.15) is 11.1 Å². The molecule has 0 aromatic heterocycles. The van der Waals surface area contributed by atoms with Gasteiger partial charge < -0.3 is 15.2 Å². The fourth-order valence-corrected chi connectivity index (χ4v) is 2.33. The number of ether oxygens (including phenoxy) is 1. The topological polar surface area (TPSA) is 41.5 Å². The van der Waals surface area contributed by atoms with Gasteiger partial charge in [-0.2, -0.15) is 0 Å². The van der Waals surface area contributed by atoms with Crippen molar-refractivity contribution in [1.82, 2.24) is 5.32 Å². The lowest BCUT2D eigenvalue weighted by molar-refractivity contribution is 0.371. The molecular weight excluding hydrogens is 325 g/mol. The predicted octanol–water partition coefficient (Wildman–Crippen LogP) is 3.59. The van der Waals surface area contributed by atoms with Crippen molar-refractivity contribution in [3.63, 3.8) is 0 Å². The van der Waals surface area contributed by atoms with E-state index in [1.165, 1.54) is 19.2 Å². The minimum atomic E-state index is -0.235. The molecule has 5 heteroatoms. The fraction of sp³-hybridized carbons (Fsp3) is 0.200. The van der Waals surface area contributed by atoms with Crippen molar-refractivity contribution >= 4 is 15.9 Å². The SMILES string of the molecule is COc1cc(CNCc2ccc(F)cc2)cc(Br)c1O. The van der Waals surface area contributed by atoms with E-state index < -0.39 is 0 Å². The van der Waals surface area contributed by atoms with Crippen LogP contribution in [0.3, 0.4) is 0 Å². The highest BCUT2D eigenvalue weighted by molar-refractivity contribution is 9.10. The van der Waals surface area contributed by atoms with Gasteiger partial charge in [-0.25, -0.2) is 4.39 Å². The van der Waals surface area contributed by atoms with Gasteiger partial charge in [0.1, 0.15) is 5.82 Å². The number of hydrogen-bond donors (Lipinski definition) is 2. The average molecular weight is 340 g/mol. The summed E-state index contributed by atoms with van der Waals surface area (Å²) in [4.78, 5) is 0. The van der Waals surface area contributed by atoms with E-state index in [1.54, 1.807) is 18.2 Å². The molecule has 2 aromatic rings. The van der Waals surface area contributed by atoms with Crippen molar-refractivity contribution in [2.24, 2.45) is 0 Å². The lowest BCUT2D eigenvalue weighted by Crippen LogP contribution is -2.12. The van der Waals surface area contributed by atoms with Gasteiger partial charge in [-0.05, 0) is 51.3 Å². The zero-order chi connectivity index (χ0) is 14.5. The minimum Gasteiger partial charge on any atom is -0.503 e. The molecule has 0 unspecified atom stereocenters. The van der Waals surface area contributed by atoms with Crippen molar-refractivity contribution in [3.05, 3.63) is 57.8 Å². The molecule has 0 bridgehead atoms. The molecule has 2 rings (SSSR count). The molecule has 0 fully saturated rings. The highest BCUT2D eigenvalue weighted by atomic mass is 79.9. The second-order valence-electron chi connectivity index (χ2n) is 4.36. The first-order chi connectivity index (χ1) is 9.60. The van der Waals surface area contributed by atoms with E-state index in [0.29, 0.717) is 23.3 Å². The first-order valence-corrected chi connectivity index (χ1v) is 6.90. The van der Waals surface area contributed by atoms with Crippen LogP contribution in [0.2, 0.25) is 0 Å². The molecular formula is C15H15BrFNO2. The molecule has 0 spiro atoms. The highest BCUT2D eigenvalue weighted by Crippen LogP contribution is 2.35. The number of nitrogens with one attached hydrogen (secondary N) is 1. The van der Waals surface area contributed by atoms with E-state index in [9.17, 15) is 9.50 Å². The monoisotopic (exact) mass is 339 g/mol. The molecule has 2 aromatic carbocycles. The number of halogens is 2. The van der Waals surface area contributed by atoms with E-state index in [1.807, 2.05) is 6.07 Å². The molecule has 2 N–H and O–H groups in total. The normalized spacial score (nSPS) is 10.6. The largest absolute Gasteiger partial charge is 0.503 e. The van der Waals surface area contributed by atoms with Gasteiger partial charge in [-0.1, -0.05) is 12.1 Å². The van der Waals surface area contributed by atoms with Crippen molar-refractivity contribution in [3.8, 4) is 11.5 Å². The molecule has 0 heterocycles. The van der Waals surface area contributed by atoms with Gasteiger partial charge in [0.2, 0.25) is 0 Å². The summed E-state index contributed by atoms with van der Waals surface area (Å²) in [5.41, 5.74) is 1.99. The summed E-state index contributed by atoms with van der Waals surface area (Å²) in [6.45, 7) is 1.26. The van der Waals surface area contributed by atoms with Crippen LogP contribution in [0, 0.1) is 5.82 Å². The van der Waals surface area contributed by atoms with Gasteiger partial charge >= 0.3 is 0 Å². The van der Waals surface area contributed by atoms with Crippen LogP contribution in [0.25, 0.3) is 0 Å². The van der Waals surface area contributed by atoms with Crippen LogP contribution < -0.4 is 10.1 Å². The van der Waals surface area contributed by atoms with Crippen molar-refractivity contribution < 1.29 is 14.2 Å². The Morgan fingerprint density at radius 1 is 1.15 bits per heavy atom. The lowest BCUT2D eigenvalue weighted by Gasteiger charge is -2.10. The summed E-state index contributed by atoms with van der Waals surface area (Å²) in [5.74, 6) is 0.286. The Balaban J connectivity index is 1.97. The number of phenolic OH excluding ortho intramolecular Hbond substituents is 1. The van der Waals surface area contributed by atoms with Crippen molar-refractivity contribution in [2.45, 2.75) is 13.1 Å². The van der Waals surface area contributed by atoms with Crippen LogP contribution in [0.15, 0.2) is 40.9 Å². The van der Waals surface area contributed by atoms with Gasteiger partial charge in [0.15, 0.2) is 11.5 Å². The van der Waals surface area contributed by atoms with Gasteiger partial charge in [-0.3, -0.25) is 0 Å². The maximum absolute atomic E-state index is 12.8. The van der Waals surface area contributed by atoms with Gasteiger partial charge in [-0.15, -0.1) is 0 Å². The van der Waals surface area contributed by atoms with Crippen molar-refractivity contribution in [2.75, 3.05) is 7.11 Å². The summed E-state index contributed by atoms with van der Waals surface area (Å²) in [7, 11) is 1.51. The Bertz CT molecular complexity index is 587. The van der Waals surface area contributed by atoms with Crippen molar-refractivity contribution in [1.29, 1.82) is 0 Å². The third kappa shape index (κ3) is 3.71. The van der Waals surface area contributed by atoms with E-state index in [2.05, 4.69) is 21.2 Å². The van der Waals surface area contributed by atoms with E-state index in [4.69, 9.17) is 4.74 Å². The second-order valence-corrected chi connectivity index (χ2v) is 5.21. The number of benzene rings is 2. The maximum Gasteiger partial charge on any atom is 0.172 e. The summed E-state index contributed by atoms with van der Waals surface area (Å²) >= 11 is 3.28. The average Bonchev–Trinajstić information content (AvgIpc) is 2.44. The standard InChI is InChI=1S/C15H15BrFNO2/c1-20-14-7-11(6-13(16)15(14)19)9-18-8-10-2-4-12(17)5-3-10/h2-7,18-19H,8-9H2,1H3. The molecule has 0 amide bonds. The smallest absolute Gasteiger partial charge is 0.172 e. The summed E-state index contributed by atoms with van der Waals surface area (Å²) in [6.07, 6.45) is 0. The highest BCUT2D eigenvalue weighted by Gasteiger charge is 2.08. The molecule has 106 valence electrons. The molecule has 0 saturated carbocycles. The Labute approximate surface area is 125 Å². The Hall–Kier alpha value is -1.59. The maximum atomic E-state index is 12.8. The second kappa shape index (κ2) is 6.72. The van der Waals surface area contributed by atoms with Crippen LogP contribution in [-0.4, -0.2) is 12.2 Å². The number of hydrogen-bond acceptors (Lipinski definition) is 3. The van der Waals surface area contributed by atoms with Crippen LogP contribution in [0.5, 0.6) is 11.5 Å². The molecule has 3 nitrogen and oxygen atoms in total. The third-order valence-corrected chi connectivity index (χ3v) is 3.48. The van der Waals surface area contributed by atoms with Gasteiger partial charge in [0, 0.05) is 13.1 Å². The van der Waals surface area contributed by atoms with Crippen LogP contribution in [-0.2, 0) is 13.1 Å². The zero-order valence-corrected chi connectivity index (χ0v) is 12.6. The van der Waals surface area contributed by atoms with E-state index >= 15 is 0 Å². The zero-order valence-electron chi connectivity index (χ0n) is 11.0. The van der Waals surface area contributed by atoms with Crippen LogP contribution >= 0.6 is 15.9 Å². The Morgan fingerprint density at radius 2 is 1.80 bits per heavy atom. The number of rotatable bonds is 5. The molecule has 0 aliphatic heterocycles. The first kappa shape index (κ1) is 14.8. The first-order valence-electron chi connectivity index (χ1n) is 6.10. The molecule has 0 saturated heterocycles. The predicted molar refractivity (Wildman–Crippen MR) is 79.3 cm³/mol. The third-order valence-electron chi connectivity index (χ3n) is 2.88. The number of phenols is 1. The Kier molecular flexibility index (Phi) is 4.98. The van der Waals surface area contributed by atoms with E-state index in [-0.39, 0.29) is 11.6 Å². The minimum absolute atomic E-state index is 0.0924. The number of methoxy groups -OCH3 is 1. The fourth-order valence-electron chi connectivity index (χ4n) is 1.84. The van der Waals surface area contributed by atoms with E-state index in [0.717, 1.165) is 11.1 Å².